The van der Waals surface area contributed by atoms with Crippen molar-refractivity contribution >= 4 is 117 Å². The maximum atomic E-state index is 12.3. The van der Waals surface area contributed by atoms with E-state index in [9.17, 15) is 49.2 Å². The molecule has 28 heteroatoms. The molecule has 2 aliphatic heterocycles. The van der Waals surface area contributed by atoms with Gasteiger partial charge in [0.25, 0.3) is 5.91 Å². The molecule has 1 aromatic heterocycles. The number of allylic oxidation sites excluding steroid dienone is 1. The first-order valence-corrected chi connectivity index (χ1v) is 47.3. The van der Waals surface area contributed by atoms with Gasteiger partial charge in [-0.2, -0.15) is 0 Å². The van der Waals surface area contributed by atoms with Crippen LogP contribution in [0.3, 0.4) is 0 Å². The van der Waals surface area contributed by atoms with Crippen molar-refractivity contribution in [2.24, 2.45) is 5.73 Å². The van der Waals surface area contributed by atoms with Crippen LogP contribution in [0.15, 0.2) is 255 Å². The first kappa shape index (κ1) is 105. The molecule has 708 valence electrons. The molecule has 2 aliphatic rings. The van der Waals surface area contributed by atoms with Crippen molar-refractivity contribution in [1.29, 1.82) is 0 Å². The summed E-state index contributed by atoms with van der Waals surface area (Å²) in [4.78, 5) is 82.2. The normalized spacial score (nSPS) is 12.3. The number of nitrogens with zero attached hydrogens (tertiary/aromatic N) is 6. The van der Waals surface area contributed by atoms with Crippen molar-refractivity contribution in [3.63, 3.8) is 0 Å². The number of benzene rings is 11. The fourth-order valence-electron chi connectivity index (χ4n) is 14.3. The molecule has 0 saturated carbocycles. The van der Waals surface area contributed by atoms with Crippen molar-refractivity contribution in [2.75, 3.05) is 119 Å². The minimum atomic E-state index is -1.85. The number of piperidine rings is 1. The molecule has 27 nitrogen and oxygen atoms in total. The minimum Gasteiger partial charge on any atom is -0.507 e. The molecule has 134 heavy (non-hydrogen) atoms. The molecular weight excluding hydrogens is 1720 g/mol. The van der Waals surface area contributed by atoms with Crippen molar-refractivity contribution in [2.45, 2.75) is 93.0 Å². The molecule has 0 unspecified atom stereocenters. The lowest BCUT2D eigenvalue weighted by atomic mass is 9.97. The Bertz CT molecular complexity index is 5740. The fraction of sp³-hybridized carbons (Fsp3) is 0.292. The van der Waals surface area contributed by atoms with E-state index in [1.54, 1.807) is 99.8 Å². The highest BCUT2D eigenvalue weighted by Gasteiger charge is 2.30. The number of morpholine rings is 1. The molecule has 0 radical (unpaired) electrons. The Morgan fingerprint density at radius 2 is 0.858 bits per heavy atom. The number of nitrogens with two attached hydrogens (primary N) is 1. The van der Waals surface area contributed by atoms with Gasteiger partial charge in [-0.25, -0.2) is 14.6 Å². The number of imidazole rings is 1. The second-order valence-corrected chi connectivity index (χ2v) is 33.8. The lowest BCUT2D eigenvalue weighted by Gasteiger charge is -2.26. The van der Waals surface area contributed by atoms with Crippen molar-refractivity contribution in [3.8, 4) is 46.0 Å². The molecule has 11 aromatic carbocycles. The molecule has 14 rings (SSSR count). The number of nitrogens with one attached hydrogen (secondary N) is 1. The topological polar surface area (TPSA) is 335 Å². The van der Waals surface area contributed by atoms with E-state index < -0.39 is 8.56 Å². The van der Waals surface area contributed by atoms with Gasteiger partial charge >= 0.3 is 20.7 Å². The zero-order chi connectivity index (χ0) is 96.6. The minimum absolute atomic E-state index is 0.0593. The van der Waals surface area contributed by atoms with Crippen LogP contribution in [0.25, 0.3) is 67.4 Å². The number of hydrogen-bond acceptors (Lipinski definition) is 21. The number of phenols is 4. The number of carbonyl (C=O) groups excluding carboxylic acids is 6. The van der Waals surface area contributed by atoms with E-state index in [2.05, 4.69) is 77.5 Å². The van der Waals surface area contributed by atoms with Gasteiger partial charge in [-0.05, 0) is 227 Å². The van der Waals surface area contributed by atoms with Crippen LogP contribution in [0.5, 0.6) is 46.0 Å². The summed E-state index contributed by atoms with van der Waals surface area (Å²) >= 11 is 0. The molecule has 0 spiro atoms. The van der Waals surface area contributed by atoms with Gasteiger partial charge in [0.1, 0.15) is 65.5 Å². The lowest BCUT2D eigenvalue weighted by Crippen LogP contribution is -2.39. The average molecular weight is 1840 g/mol. The Morgan fingerprint density at radius 3 is 1.25 bits per heavy atom. The Kier molecular flexibility index (Phi) is 44.3. The first-order chi connectivity index (χ1) is 65.0. The Hall–Kier alpha value is -14.3. The molecule has 0 bridgehead atoms. The molecule has 7 N–H and O–H groups in total. The SMILES string of the molecule is CCN(CC)C(=O)/C=C/c1ccc(OC)cc1O.CCN(CC)C(=O)OCc1c2ccccc2cc2ccccc12.CCO[Si](C)(CCCN)OCC.COc1ccc(/C=C/C(=O)N2CCOCC2)c(O)c1.COc1ccc(/C=C/C(=O)Nc2ccccc2)c(O)c1.COc1ccc(/C=C/C(=O)n2ccnc2)c(O)c1.O=C(OCc1c2ccccc2cc2ccccc12)N1CCCCC1. The number of hydrogen-bond donors (Lipinski definition) is 6. The van der Waals surface area contributed by atoms with Gasteiger partial charge in [-0.15, -0.1) is 0 Å². The first-order valence-electron chi connectivity index (χ1n) is 44.8. The number of para-hydroxylation sites is 1. The molecule has 2 saturated heterocycles. The van der Waals surface area contributed by atoms with E-state index in [0.29, 0.717) is 104 Å². The predicted molar refractivity (Wildman–Crippen MR) is 533 cm³/mol. The van der Waals surface area contributed by atoms with Gasteiger partial charge in [-0.1, -0.05) is 115 Å². The summed E-state index contributed by atoms with van der Waals surface area (Å²) in [5.41, 5.74) is 10.6. The molecule has 2 fully saturated rings. The van der Waals surface area contributed by atoms with Crippen LogP contribution in [0.2, 0.25) is 12.6 Å². The number of aromatic hydroxyl groups is 4. The van der Waals surface area contributed by atoms with Gasteiger partial charge in [-0.3, -0.25) is 23.7 Å². The Balaban J connectivity index is 0.000000194. The van der Waals surface area contributed by atoms with Crippen molar-refractivity contribution in [3.05, 3.63) is 289 Å². The van der Waals surface area contributed by atoms with Crippen LogP contribution in [0.4, 0.5) is 15.3 Å². The molecule has 0 atom stereocenters. The van der Waals surface area contributed by atoms with E-state index in [1.807, 2.05) is 113 Å². The highest BCUT2D eigenvalue weighted by molar-refractivity contribution is 6.66. The third kappa shape index (κ3) is 33.2. The number of carbonyl (C=O) groups is 6. The summed E-state index contributed by atoms with van der Waals surface area (Å²) in [6, 6.07) is 67.3. The van der Waals surface area contributed by atoms with Gasteiger partial charge < -0.3 is 93.1 Å². The maximum absolute atomic E-state index is 12.3. The fourth-order valence-corrected chi connectivity index (χ4v) is 16.7. The second kappa shape index (κ2) is 56.4. The molecule has 3 heterocycles. The smallest absolute Gasteiger partial charge is 0.410 e. The van der Waals surface area contributed by atoms with Crippen LogP contribution in [0.1, 0.15) is 105 Å². The van der Waals surface area contributed by atoms with Crippen molar-refractivity contribution in [1.82, 2.24) is 29.2 Å². The zero-order valence-corrected chi connectivity index (χ0v) is 79.4. The number of fused-ring (bicyclic) bond motifs is 4. The quantitative estimate of drug-likeness (QED) is 0.0151. The van der Waals surface area contributed by atoms with E-state index in [4.69, 9.17) is 47.7 Å². The van der Waals surface area contributed by atoms with Gasteiger partial charge in [0.2, 0.25) is 17.7 Å². The van der Waals surface area contributed by atoms with Gasteiger partial charge in [0.15, 0.2) is 0 Å². The summed E-state index contributed by atoms with van der Waals surface area (Å²) in [5, 5.41) is 51.0. The number of phenolic OH excluding ortho intramolecular Hbond substituents is 4. The predicted octanol–water partition coefficient (Wildman–Crippen LogP) is 20.1. The summed E-state index contributed by atoms with van der Waals surface area (Å²) in [6.45, 7) is 23.4. The van der Waals surface area contributed by atoms with Gasteiger partial charge in [0, 0.05) is 166 Å². The van der Waals surface area contributed by atoms with Crippen LogP contribution >= 0.6 is 0 Å². The number of likely N-dealkylation sites (N-methyl/N-ethyl adjacent to an activating group) is 1. The molecule has 12 aromatic rings. The average Bonchev–Trinajstić information content (AvgIpc) is 0.823. The summed E-state index contributed by atoms with van der Waals surface area (Å²) in [7, 11) is 4.27. The Morgan fingerprint density at radius 1 is 0.463 bits per heavy atom. The number of aromatic nitrogens is 2. The number of rotatable bonds is 28. The number of amides is 5. The van der Waals surface area contributed by atoms with Crippen LogP contribution < -0.4 is 30.0 Å². The molecule has 0 aliphatic carbocycles. The maximum Gasteiger partial charge on any atom is 0.410 e. The van der Waals surface area contributed by atoms with Crippen LogP contribution in [0, 0.1) is 0 Å². The lowest BCUT2D eigenvalue weighted by molar-refractivity contribution is -0.130. The monoisotopic (exact) mass is 1840 g/mol. The second-order valence-electron chi connectivity index (χ2n) is 30.5. The number of methoxy groups -OCH3 is 4. The van der Waals surface area contributed by atoms with E-state index in [1.165, 1.54) is 128 Å². The largest absolute Gasteiger partial charge is 0.507 e. The van der Waals surface area contributed by atoms with Crippen LogP contribution in [-0.2, 0) is 50.7 Å². The number of likely N-dealkylation sites (tertiary alicyclic amines) is 1. The number of anilines is 1. The standard InChI is InChI=1S/C21H21NO2.C20H21NO2.C16H15NO3.C14H17NO4.C14H19NO3.C13H12N2O3.C8H21NO2Si/c23-21(22-12-6-1-7-13-22)24-15-20-18-10-4-2-8-16(18)14-17-9-3-5-11-19(17)20;1-3-21(4-2)20(22)23-14-19-17-11-7-5-9-15(17)13-16-10-6-8-12-18(16)19;1-20-14-9-7-12(15(18)11-14)8-10-16(19)17-13-5-3-2-4-6-13;1-18-12-4-2-11(13(16)10-12)3-5-14(17)15-6-8-19-9-7-15;1-4-15(5-2)14(17)9-7-11-6-8-12(18-3)10-13(11)16;1-18-11-4-2-10(12(16)8-11)3-5-13(17)15-7-6-14-9-15;1-4-10-12(3,11-5-2)8-6-7-9/h2-5,8-11,14H,1,6-7,12-13,15H2;5-13H,3-4,14H2,1-2H3;2-11,18H,1H3,(H,17,19);2-5,10,16H,6-9H2,1H3;6-10,16H,4-5H2,1-3H3;2-9,16H,1H3;4-9H2,1-3H3/b;;10-8+;5-3+;9-7+;5-3+;. The van der Waals surface area contributed by atoms with E-state index in [0.717, 1.165) is 96.5 Å². The highest BCUT2D eigenvalue weighted by atomic mass is 28.4. The summed E-state index contributed by atoms with van der Waals surface area (Å²) in [6.07, 6.45) is 20.4. The summed E-state index contributed by atoms with van der Waals surface area (Å²) in [5.74, 6) is 1.97. The highest BCUT2D eigenvalue weighted by Crippen LogP contribution is 2.34. The third-order valence-corrected chi connectivity index (χ3v) is 24.7. The molecule has 5 amide bonds. The number of ether oxygens (including phenoxy) is 7. The van der Waals surface area contributed by atoms with Gasteiger partial charge in [0.05, 0.1) is 41.7 Å². The Labute approximate surface area is 786 Å². The zero-order valence-electron chi connectivity index (χ0n) is 78.4. The summed E-state index contributed by atoms with van der Waals surface area (Å²) < 4.78 is 49.0. The van der Waals surface area contributed by atoms with Crippen molar-refractivity contribution < 1.29 is 91.2 Å². The van der Waals surface area contributed by atoms with E-state index in [-0.39, 0.29) is 65.4 Å². The van der Waals surface area contributed by atoms with Crippen LogP contribution in [-0.4, -0.2) is 208 Å². The van der Waals surface area contributed by atoms with E-state index >= 15 is 0 Å². The third-order valence-electron chi connectivity index (χ3n) is 21.6. The molecular formula is C106H126N8O19Si.